The van der Waals surface area contributed by atoms with Crippen LogP contribution in [0.1, 0.15) is 74.3 Å². The van der Waals surface area contributed by atoms with Crippen LogP contribution in [0.3, 0.4) is 0 Å². The predicted octanol–water partition coefficient (Wildman–Crippen LogP) is 5.42. The maximum Gasteiger partial charge on any atom is 0.290 e. The molecular weight excluding hydrogens is 440 g/mol. The van der Waals surface area contributed by atoms with E-state index in [9.17, 15) is 9.59 Å². The third-order valence-electron chi connectivity index (χ3n) is 6.77. The molecule has 0 aliphatic carbocycles. The monoisotopic (exact) mass is 476 g/mol. The van der Waals surface area contributed by atoms with Crippen LogP contribution in [-0.4, -0.2) is 48.0 Å². The van der Waals surface area contributed by atoms with Gasteiger partial charge in [0.2, 0.25) is 5.76 Å². The van der Waals surface area contributed by atoms with Crippen LogP contribution in [0.2, 0.25) is 0 Å². The normalized spacial score (nSPS) is 15.5. The fourth-order valence-corrected chi connectivity index (χ4v) is 4.87. The standard InChI is InChI=1S/C29H36N2O4/c1-6-20-10-15-24-23(18-20)27(32)25-26(21-11-13-22(14-12-21)34-19(4)5)31(29(33)28(25)35-24)17-9-16-30(7-2)8-3/h10-15,18-19,26H,6-9,16-17H2,1-5H3. The molecule has 0 fully saturated rings. The fourth-order valence-electron chi connectivity index (χ4n) is 4.87. The van der Waals surface area contributed by atoms with Crippen LogP contribution < -0.4 is 10.2 Å². The van der Waals surface area contributed by atoms with Gasteiger partial charge < -0.3 is 19.0 Å². The summed E-state index contributed by atoms with van der Waals surface area (Å²) in [7, 11) is 0. The van der Waals surface area contributed by atoms with Crippen LogP contribution in [-0.2, 0) is 6.42 Å². The molecule has 0 radical (unpaired) electrons. The molecule has 0 saturated heterocycles. The lowest BCUT2D eigenvalue weighted by Crippen LogP contribution is -2.33. The highest BCUT2D eigenvalue weighted by atomic mass is 16.5. The molecule has 6 heteroatoms. The molecule has 0 bridgehead atoms. The van der Waals surface area contributed by atoms with Gasteiger partial charge >= 0.3 is 0 Å². The average molecular weight is 477 g/mol. The second kappa shape index (κ2) is 10.6. The summed E-state index contributed by atoms with van der Waals surface area (Å²) in [5, 5.41) is 0.533. The Labute approximate surface area is 207 Å². The van der Waals surface area contributed by atoms with Crippen LogP contribution in [0.5, 0.6) is 5.75 Å². The van der Waals surface area contributed by atoms with E-state index in [4.69, 9.17) is 9.15 Å². The molecular formula is C29H36N2O4. The first kappa shape index (κ1) is 25.0. The van der Waals surface area contributed by atoms with Crippen LogP contribution in [0, 0.1) is 0 Å². The van der Waals surface area contributed by atoms with Gasteiger partial charge in [-0.05, 0) is 81.7 Å². The van der Waals surface area contributed by atoms with Gasteiger partial charge in [0, 0.05) is 6.54 Å². The summed E-state index contributed by atoms with van der Waals surface area (Å²) in [4.78, 5) is 31.5. The van der Waals surface area contributed by atoms with Crippen molar-refractivity contribution in [2.45, 2.75) is 59.6 Å². The highest BCUT2D eigenvalue weighted by molar-refractivity contribution is 5.99. The molecule has 2 aromatic carbocycles. The minimum Gasteiger partial charge on any atom is -0.491 e. The Kier molecular flexibility index (Phi) is 7.60. The molecule has 0 saturated carbocycles. The van der Waals surface area contributed by atoms with E-state index >= 15 is 0 Å². The highest BCUT2D eigenvalue weighted by Crippen LogP contribution is 2.38. The SMILES string of the molecule is CCc1ccc2oc3c(c(=O)c2c1)C(c1ccc(OC(C)C)cc1)N(CCCN(CC)CC)C3=O. The Morgan fingerprint density at radius 1 is 1.03 bits per heavy atom. The summed E-state index contributed by atoms with van der Waals surface area (Å²) in [6, 6.07) is 12.9. The van der Waals surface area contributed by atoms with E-state index in [1.54, 1.807) is 11.0 Å². The lowest BCUT2D eigenvalue weighted by Gasteiger charge is -2.27. The Bertz CT molecular complexity index is 1240. The second-order valence-electron chi connectivity index (χ2n) is 9.38. The molecule has 6 nitrogen and oxygen atoms in total. The van der Waals surface area contributed by atoms with Crippen molar-refractivity contribution in [3.05, 3.63) is 75.1 Å². The first-order chi connectivity index (χ1) is 16.9. The Morgan fingerprint density at radius 2 is 1.74 bits per heavy atom. The van der Waals surface area contributed by atoms with Crippen LogP contribution in [0.25, 0.3) is 11.0 Å². The topological polar surface area (TPSA) is 63.0 Å². The highest BCUT2D eigenvalue weighted by Gasteiger charge is 2.42. The van der Waals surface area contributed by atoms with Crippen molar-refractivity contribution in [2.75, 3.05) is 26.2 Å². The first-order valence-corrected chi connectivity index (χ1v) is 12.8. The lowest BCUT2D eigenvalue weighted by molar-refractivity contribution is 0.0720. The Morgan fingerprint density at radius 3 is 2.37 bits per heavy atom. The van der Waals surface area contributed by atoms with E-state index < -0.39 is 6.04 Å². The largest absolute Gasteiger partial charge is 0.491 e. The molecule has 35 heavy (non-hydrogen) atoms. The number of ether oxygens (including phenoxy) is 1. The first-order valence-electron chi connectivity index (χ1n) is 12.8. The molecule has 0 N–H and O–H groups in total. The van der Waals surface area contributed by atoms with Crippen molar-refractivity contribution in [2.24, 2.45) is 0 Å². The Hall–Kier alpha value is -3.12. The second-order valence-corrected chi connectivity index (χ2v) is 9.38. The third-order valence-corrected chi connectivity index (χ3v) is 6.77. The Balaban J connectivity index is 1.78. The number of nitrogens with zero attached hydrogens (tertiary/aromatic N) is 2. The van der Waals surface area contributed by atoms with Gasteiger partial charge in [-0.2, -0.15) is 0 Å². The maximum absolute atomic E-state index is 13.8. The number of hydrogen-bond donors (Lipinski definition) is 0. The van der Waals surface area contributed by atoms with Crippen molar-refractivity contribution in [3.63, 3.8) is 0 Å². The van der Waals surface area contributed by atoms with Crippen molar-refractivity contribution < 1.29 is 13.9 Å². The molecule has 1 aromatic heterocycles. The van der Waals surface area contributed by atoms with Gasteiger partial charge in [0.1, 0.15) is 11.3 Å². The number of fused-ring (bicyclic) bond motifs is 2. The number of amides is 1. The van der Waals surface area contributed by atoms with E-state index in [2.05, 4.69) is 25.7 Å². The number of carbonyl (C=O) groups is 1. The number of benzene rings is 2. The average Bonchev–Trinajstić information content (AvgIpc) is 3.13. The molecule has 1 aliphatic heterocycles. The molecule has 0 spiro atoms. The zero-order valence-corrected chi connectivity index (χ0v) is 21.5. The van der Waals surface area contributed by atoms with Crippen molar-refractivity contribution in [1.29, 1.82) is 0 Å². The summed E-state index contributed by atoms with van der Waals surface area (Å²) in [6.45, 7) is 13.7. The summed E-state index contributed by atoms with van der Waals surface area (Å²) in [5.41, 5.74) is 2.73. The number of hydrogen-bond acceptors (Lipinski definition) is 5. The fraction of sp³-hybridized carbons (Fsp3) is 0.448. The summed E-state index contributed by atoms with van der Waals surface area (Å²) < 4.78 is 11.9. The lowest BCUT2D eigenvalue weighted by atomic mass is 9.97. The minimum absolute atomic E-state index is 0.0670. The van der Waals surface area contributed by atoms with E-state index in [0.29, 0.717) is 23.1 Å². The van der Waals surface area contributed by atoms with Gasteiger partial charge in [-0.3, -0.25) is 9.59 Å². The molecule has 1 aliphatic rings. The van der Waals surface area contributed by atoms with Gasteiger partial charge in [-0.15, -0.1) is 0 Å². The number of carbonyl (C=O) groups excluding carboxylic acids is 1. The molecule has 1 unspecified atom stereocenters. The molecule has 1 atom stereocenters. The maximum atomic E-state index is 13.8. The van der Waals surface area contributed by atoms with Gasteiger partial charge in [-0.25, -0.2) is 0 Å². The van der Waals surface area contributed by atoms with E-state index in [1.807, 2.05) is 50.2 Å². The quantitative estimate of drug-likeness (QED) is 0.391. The van der Waals surface area contributed by atoms with Gasteiger partial charge in [-0.1, -0.05) is 39.0 Å². The van der Waals surface area contributed by atoms with Gasteiger partial charge in [0.05, 0.1) is 23.1 Å². The number of rotatable bonds is 10. The summed E-state index contributed by atoms with van der Waals surface area (Å²) in [6.07, 6.45) is 1.71. The van der Waals surface area contributed by atoms with Crippen LogP contribution in [0.4, 0.5) is 0 Å². The smallest absolute Gasteiger partial charge is 0.290 e. The zero-order chi connectivity index (χ0) is 25.1. The van der Waals surface area contributed by atoms with Gasteiger partial charge in [0.25, 0.3) is 5.91 Å². The van der Waals surface area contributed by atoms with Crippen molar-refractivity contribution >= 4 is 16.9 Å². The summed E-state index contributed by atoms with van der Waals surface area (Å²) in [5.74, 6) is 0.715. The summed E-state index contributed by atoms with van der Waals surface area (Å²) >= 11 is 0. The van der Waals surface area contributed by atoms with Crippen molar-refractivity contribution in [1.82, 2.24) is 9.80 Å². The van der Waals surface area contributed by atoms with Crippen molar-refractivity contribution in [3.8, 4) is 5.75 Å². The molecule has 2 heterocycles. The van der Waals surface area contributed by atoms with Crippen LogP contribution >= 0.6 is 0 Å². The minimum atomic E-state index is -0.478. The molecule has 1 amide bonds. The van der Waals surface area contributed by atoms with E-state index in [1.165, 1.54) is 0 Å². The van der Waals surface area contributed by atoms with Gasteiger partial charge in [0.15, 0.2) is 5.43 Å². The predicted molar refractivity (Wildman–Crippen MR) is 139 cm³/mol. The van der Waals surface area contributed by atoms with E-state index in [0.717, 1.165) is 49.4 Å². The molecule has 3 aromatic rings. The third kappa shape index (κ3) is 4.98. The van der Waals surface area contributed by atoms with Crippen LogP contribution in [0.15, 0.2) is 51.7 Å². The molecule has 4 rings (SSSR count). The van der Waals surface area contributed by atoms with E-state index in [-0.39, 0.29) is 23.2 Å². The number of aryl methyl sites for hydroxylation is 1. The molecule has 186 valence electrons. The zero-order valence-electron chi connectivity index (χ0n) is 21.5.